The van der Waals surface area contributed by atoms with Crippen LogP contribution >= 0.6 is 23.2 Å². The Kier molecular flexibility index (Phi) is 7.07. The van der Waals surface area contributed by atoms with Gasteiger partial charge in [0.25, 0.3) is 5.69 Å². The van der Waals surface area contributed by atoms with Crippen LogP contribution in [0, 0.1) is 10.1 Å². The topological polar surface area (TPSA) is 103 Å². The molecule has 0 bridgehead atoms. The van der Waals surface area contributed by atoms with Gasteiger partial charge in [-0.3, -0.25) is 10.1 Å². The summed E-state index contributed by atoms with van der Waals surface area (Å²) in [6.45, 7) is 0. The molecular formula is C21H15Cl2N3O5. The molecule has 0 aromatic heterocycles. The molecule has 31 heavy (non-hydrogen) atoms. The highest BCUT2D eigenvalue weighted by molar-refractivity contribution is 6.34. The molecule has 0 fully saturated rings. The molecule has 0 saturated heterocycles. The summed E-state index contributed by atoms with van der Waals surface area (Å²) in [5.74, 6) is 0.747. The maximum atomic E-state index is 12.3. The minimum absolute atomic E-state index is 0.0516. The first-order valence-electron chi connectivity index (χ1n) is 8.78. The number of nitro groups is 1. The molecule has 0 spiro atoms. The summed E-state index contributed by atoms with van der Waals surface area (Å²) in [4.78, 5) is 26.4. The average molecular weight is 460 g/mol. The van der Waals surface area contributed by atoms with Crippen molar-refractivity contribution < 1.29 is 19.2 Å². The van der Waals surface area contributed by atoms with E-state index in [-0.39, 0.29) is 16.6 Å². The largest absolute Gasteiger partial charge is 0.480 e. The van der Waals surface area contributed by atoms with E-state index in [0.717, 1.165) is 0 Å². The Morgan fingerprint density at radius 3 is 2.35 bits per heavy atom. The lowest BCUT2D eigenvalue weighted by molar-refractivity contribution is -0.384. The number of nitro benzene ring substituents is 1. The lowest BCUT2D eigenvalue weighted by atomic mass is 10.2. The highest BCUT2D eigenvalue weighted by Gasteiger charge is 2.12. The third-order valence-electron chi connectivity index (χ3n) is 3.96. The predicted molar refractivity (Wildman–Crippen MR) is 119 cm³/mol. The van der Waals surface area contributed by atoms with Crippen LogP contribution in [-0.2, 0) is 4.74 Å². The third kappa shape index (κ3) is 5.71. The number of amides is 2. The molecule has 3 aromatic rings. The number of methoxy groups -OCH3 is 1. The Labute approximate surface area is 187 Å². The standard InChI is InChI=1S/C21H15Cl2N3O5/c1-30-20(16-4-2-3-5-17(16)22)25-21(27)24-13-6-11-19(18(23)12-13)31-15-9-7-14(8-10-15)26(28)29/h2-12H,1H3,(H,24,27)/b25-20-. The van der Waals surface area contributed by atoms with Crippen molar-refractivity contribution in [2.45, 2.75) is 0 Å². The first-order chi connectivity index (χ1) is 14.9. The van der Waals surface area contributed by atoms with Crippen molar-refractivity contribution in [1.82, 2.24) is 0 Å². The van der Waals surface area contributed by atoms with E-state index >= 15 is 0 Å². The Hall–Kier alpha value is -3.62. The van der Waals surface area contributed by atoms with Gasteiger partial charge in [0.05, 0.1) is 27.6 Å². The minimum atomic E-state index is -0.683. The average Bonchev–Trinajstić information content (AvgIpc) is 2.75. The molecule has 10 heteroatoms. The molecule has 0 saturated carbocycles. The lowest BCUT2D eigenvalue weighted by Crippen LogP contribution is -2.13. The van der Waals surface area contributed by atoms with Gasteiger partial charge < -0.3 is 14.8 Å². The number of hydrogen-bond acceptors (Lipinski definition) is 5. The second kappa shape index (κ2) is 9.92. The number of carbonyl (C=O) groups is 1. The van der Waals surface area contributed by atoms with Crippen molar-refractivity contribution in [3.8, 4) is 11.5 Å². The number of ether oxygens (including phenoxy) is 2. The number of urea groups is 1. The molecule has 0 unspecified atom stereocenters. The molecule has 3 rings (SSSR count). The number of benzene rings is 3. The third-order valence-corrected chi connectivity index (χ3v) is 4.58. The number of rotatable bonds is 5. The van der Waals surface area contributed by atoms with E-state index in [1.165, 1.54) is 37.4 Å². The van der Waals surface area contributed by atoms with Gasteiger partial charge in [0.2, 0.25) is 5.90 Å². The molecule has 0 aliphatic carbocycles. The molecule has 0 atom stereocenters. The van der Waals surface area contributed by atoms with E-state index in [0.29, 0.717) is 27.8 Å². The number of non-ortho nitro benzene ring substituents is 1. The smallest absolute Gasteiger partial charge is 0.348 e. The quantitative estimate of drug-likeness (QED) is 0.208. The fourth-order valence-electron chi connectivity index (χ4n) is 2.52. The van der Waals surface area contributed by atoms with E-state index in [4.69, 9.17) is 32.7 Å². The van der Waals surface area contributed by atoms with Crippen LogP contribution in [0.15, 0.2) is 71.7 Å². The van der Waals surface area contributed by atoms with Crippen LogP contribution in [0.3, 0.4) is 0 Å². The molecule has 0 radical (unpaired) electrons. The van der Waals surface area contributed by atoms with Crippen LogP contribution in [0.1, 0.15) is 5.56 Å². The Morgan fingerprint density at radius 2 is 1.74 bits per heavy atom. The SMILES string of the molecule is CO/C(=N\C(=O)Nc1ccc(Oc2ccc([N+](=O)[O-])cc2)c(Cl)c1)c1ccccc1Cl. The van der Waals surface area contributed by atoms with Crippen molar-refractivity contribution in [3.05, 3.63) is 92.5 Å². The van der Waals surface area contributed by atoms with Crippen LogP contribution in [0.5, 0.6) is 11.5 Å². The fraction of sp³-hybridized carbons (Fsp3) is 0.0476. The van der Waals surface area contributed by atoms with E-state index in [9.17, 15) is 14.9 Å². The van der Waals surface area contributed by atoms with E-state index in [1.54, 1.807) is 36.4 Å². The minimum Gasteiger partial charge on any atom is -0.480 e. The molecule has 3 aromatic carbocycles. The predicted octanol–water partition coefficient (Wildman–Crippen LogP) is 6.32. The Balaban J connectivity index is 1.71. The van der Waals surface area contributed by atoms with Crippen LogP contribution in [0.4, 0.5) is 16.2 Å². The Morgan fingerprint density at radius 1 is 1.03 bits per heavy atom. The molecule has 8 nitrogen and oxygen atoms in total. The molecule has 0 aliphatic heterocycles. The van der Waals surface area contributed by atoms with Crippen LogP contribution in [0.25, 0.3) is 0 Å². The molecule has 158 valence electrons. The molecule has 0 heterocycles. The van der Waals surface area contributed by atoms with E-state index in [1.807, 2.05) is 0 Å². The van der Waals surface area contributed by atoms with Crippen LogP contribution < -0.4 is 10.1 Å². The van der Waals surface area contributed by atoms with Gasteiger partial charge in [0.1, 0.15) is 11.5 Å². The van der Waals surface area contributed by atoms with Crippen molar-refractivity contribution in [3.63, 3.8) is 0 Å². The number of halogens is 2. The van der Waals surface area contributed by atoms with Gasteiger partial charge >= 0.3 is 6.03 Å². The molecule has 2 amide bonds. The lowest BCUT2D eigenvalue weighted by Gasteiger charge is -2.10. The zero-order chi connectivity index (χ0) is 22.4. The molecule has 1 N–H and O–H groups in total. The highest BCUT2D eigenvalue weighted by atomic mass is 35.5. The van der Waals surface area contributed by atoms with E-state index < -0.39 is 11.0 Å². The number of aliphatic imine (C=N–C) groups is 1. The Bertz CT molecular complexity index is 1150. The van der Waals surface area contributed by atoms with Crippen molar-refractivity contribution in [2.24, 2.45) is 4.99 Å². The number of nitrogens with one attached hydrogen (secondary N) is 1. The summed E-state index contributed by atoms with van der Waals surface area (Å²) in [5.41, 5.74) is 0.806. The first kappa shape index (κ1) is 22.1. The zero-order valence-electron chi connectivity index (χ0n) is 16.0. The second-order valence-electron chi connectivity index (χ2n) is 6.03. The summed E-state index contributed by atoms with van der Waals surface area (Å²) >= 11 is 12.3. The van der Waals surface area contributed by atoms with Crippen LogP contribution in [0.2, 0.25) is 10.0 Å². The van der Waals surface area contributed by atoms with Crippen molar-refractivity contribution in [1.29, 1.82) is 0 Å². The number of hydrogen-bond donors (Lipinski definition) is 1. The monoisotopic (exact) mass is 459 g/mol. The van der Waals surface area contributed by atoms with Crippen molar-refractivity contribution >= 4 is 46.5 Å². The van der Waals surface area contributed by atoms with Gasteiger partial charge in [0.15, 0.2) is 0 Å². The molecule has 0 aliphatic rings. The summed E-state index contributed by atoms with van der Waals surface area (Å²) in [5, 5.41) is 13.9. The van der Waals surface area contributed by atoms with Gasteiger partial charge in [-0.25, -0.2) is 4.79 Å². The van der Waals surface area contributed by atoms with Gasteiger partial charge in [-0.1, -0.05) is 35.3 Å². The van der Waals surface area contributed by atoms with Gasteiger partial charge in [-0.05, 0) is 42.5 Å². The number of anilines is 1. The first-order valence-corrected chi connectivity index (χ1v) is 9.53. The fourth-order valence-corrected chi connectivity index (χ4v) is 2.95. The van der Waals surface area contributed by atoms with Crippen LogP contribution in [-0.4, -0.2) is 24.0 Å². The number of carbonyl (C=O) groups excluding carboxylic acids is 1. The maximum absolute atomic E-state index is 12.3. The molecular weight excluding hydrogens is 445 g/mol. The van der Waals surface area contributed by atoms with Crippen molar-refractivity contribution in [2.75, 3.05) is 12.4 Å². The van der Waals surface area contributed by atoms with Gasteiger partial charge in [-0.15, -0.1) is 0 Å². The normalized spacial score (nSPS) is 11.0. The summed E-state index contributed by atoms with van der Waals surface area (Å²) in [6.07, 6.45) is 0. The van der Waals surface area contributed by atoms with Gasteiger partial charge in [-0.2, -0.15) is 4.99 Å². The summed E-state index contributed by atoms with van der Waals surface area (Å²) in [7, 11) is 1.39. The van der Waals surface area contributed by atoms with E-state index in [2.05, 4.69) is 10.3 Å². The maximum Gasteiger partial charge on any atom is 0.348 e. The second-order valence-corrected chi connectivity index (χ2v) is 6.84. The number of nitrogens with zero attached hydrogens (tertiary/aromatic N) is 2. The summed E-state index contributed by atoms with van der Waals surface area (Å²) in [6, 6.07) is 16.3. The zero-order valence-corrected chi connectivity index (χ0v) is 17.6. The highest BCUT2D eigenvalue weighted by Crippen LogP contribution is 2.32. The van der Waals surface area contributed by atoms with Gasteiger partial charge in [0, 0.05) is 17.8 Å². The summed E-state index contributed by atoms with van der Waals surface area (Å²) < 4.78 is 10.8.